The van der Waals surface area contributed by atoms with E-state index in [9.17, 15) is 9.18 Å². The molecule has 1 saturated heterocycles. The fraction of sp³-hybridized carbons (Fsp3) is 0.462. The molecule has 1 N–H and O–H groups in total. The second kappa shape index (κ2) is 4.84. The van der Waals surface area contributed by atoms with Gasteiger partial charge in [-0.1, -0.05) is 12.1 Å². The van der Waals surface area contributed by atoms with Crippen molar-refractivity contribution < 1.29 is 14.3 Å². The van der Waals surface area contributed by atoms with E-state index < -0.39 is 5.97 Å². The number of carboxylic acids is 1. The first kappa shape index (κ1) is 12.0. The number of carboxylic acid groups (broad SMARTS) is 1. The minimum atomic E-state index is -0.737. The average Bonchev–Trinajstić information content (AvgIpc) is 2.77. The van der Waals surface area contributed by atoms with Crippen LogP contribution in [0.5, 0.6) is 0 Å². The maximum absolute atomic E-state index is 13.1. The number of halogens is 1. The molecule has 1 aromatic carbocycles. The van der Waals surface area contributed by atoms with Crippen LogP contribution in [0.1, 0.15) is 24.9 Å². The Morgan fingerprint density at radius 3 is 2.94 bits per heavy atom. The Balaban J connectivity index is 2.06. The number of hydrogen-bond acceptors (Lipinski definition) is 2. The fourth-order valence-corrected chi connectivity index (χ4v) is 2.32. The largest absolute Gasteiger partial charge is 0.481 e. The highest BCUT2D eigenvalue weighted by atomic mass is 19.1. The molecule has 0 radical (unpaired) electrons. The lowest BCUT2D eigenvalue weighted by Crippen LogP contribution is -2.26. The molecule has 17 heavy (non-hydrogen) atoms. The van der Waals surface area contributed by atoms with Gasteiger partial charge in [0.05, 0.1) is 5.92 Å². The van der Waals surface area contributed by atoms with Crippen molar-refractivity contribution in [3.63, 3.8) is 0 Å². The summed E-state index contributed by atoms with van der Waals surface area (Å²) in [5.41, 5.74) is 0.899. The first-order chi connectivity index (χ1) is 8.08. The van der Waals surface area contributed by atoms with Gasteiger partial charge in [-0.15, -0.1) is 0 Å². The summed E-state index contributed by atoms with van der Waals surface area (Å²) >= 11 is 0. The summed E-state index contributed by atoms with van der Waals surface area (Å²) in [4.78, 5) is 13.0. The number of carbonyl (C=O) groups is 1. The van der Waals surface area contributed by atoms with Gasteiger partial charge in [0, 0.05) is 12.6 Å². The van der Waals surface area contributed by atoms with E-state index >= 15 is 0 Å². The molecule has 3 nitrogen and oxygen atoms in total. The molecule has 92 valence electrons. The zero-order valence-corrected chi connectivity index (χ0v) is 9.77. The summed E-state index contributed by atoms with van der Waals surface area (Å²) in [6, 6.07) is 6.56. The molecule has 0 bridgehead atoms. The Morgan fingerprint density at radius 1 is 1.59 bits per heavy atom. The second-order valence-electron chi connectivity index (χ2n) is 4.55. The number of hydrogen-bond donors (Lipinski definition) is 1. The minimum Gasteiger partial charge on any atom is -0.481 e. The van der Waals surface area contributed by atoms with Crippen LogP contribution < -0.4 is 0 Å². The average molecular weight is 237 g/mol. The zero-order valence-electron chi connectivity index (χ0n) is 9.77. The second-order valence-corrected chi connectivity index (χ2v) is 4.55. The first-order valence-corrected chi connectivity index (χ1v) is 5.80. The molecule has 2 atom stereocenters. The van der Waals surface area contributed by atoms with Gasteiger partial charge < -0.3 is 5.11 Å². The highest BCUT2D eigenvalue weighted by Crippen LogP contribution is 2.27. The first-order valence-electron chi connectivity index (χ1n) is 5.80. The Kier molecular flexibility index (Phi) is 3.43. The van der Waals surface area contributed by atoms with Gasteiger partial charge in [0.15, 0.2) is 0 Å². The molecule has 0 saturated carbocycles. The normalized spacial score (nSPS) is 22.6. The van der Waals surface area contributed by atoms with E-state index in [0.717, 1.165) is 12.1 Å². The van der Waals surface area contributed by atoms with Crippen molar-refractivity contribution in [3.05, 3.63) is 35.6 Å². The summed E-state index contributed by atoms with van der Waals surface area (Å²) < 4.78 is 13.1. The van der Waals surface area contributed by atoms with Crippen LogP contribution >= 0.6 is 0 Å². The standard InChI is InChI=1S/C13H16FNO2/c1-9(10-3-2-4-12(14)7-10)15-6-5-11(8-15)13(16)17/h2-4,7,9,11H,5-6,8H2,1H3,(H,16,17)/t9-,11+/m1/s1. The molecule has 1 aromatic rings. The smallest absolute Gasteiger partial charge is 0.307 e. The van der Waals surface area contributed by atoms with Gasteiger partial charge in [-0.05, 0) is 37.6 Å². The third-order valence-corrected chi connectivity index (χ3v) is 3.45. The minimum absolute atomic E-state index is 0.0649. The molecule has 1 aliphatic rings. The van der Waals surface area contributed by atoms with E-state index in [1.165, 1.54) is 12.1 Å². The number of aliphatic carboxylic acids is 1. The number of likely N-dealkylation sites (tertiary alicyclic amines) is 1. The van der Waals surface area contributed by atoms with E-state index in [2.05, 4.69) is 4.90 Å². The van der Waals surface area contributed by atoms with E-state index in [1.807, 2.05) is 13.0 Å². The van der Waals surface area contributed by atoms with Crippen molar-refractivity contribution in [1.29, 1.82) is 0 Å². The highest BCUT2D eigenvalue weighted by molar-refractivity contribution is 5.70. The molecule has 2 rings (SSSR count). The molecular weight excluding hydrogens is 221 g/mol. The third-order valence-electron chi connectivity index (χ3n) is 3.45. The fourth-order valence-electron chi connectivity index (χ4n) is 2.32. The van der Waals surface area contributed by atoms with Gasteiger partial charge >= 0.3 is 5.97 Å². The van der Waals surface area contributed by atoms with Crippen LogP contribution in [0.25, 0.3) is 0 Å². The summed E-state index contributed by atoms with van der Waals surface area (Å²) in [7, 11) is 0. The van der Waals surface area contributed by atoms with Crippen molar-refractivity contribution >= 4 is 5.97 Å². The van der Waals surface area contributed by atoms with Crippen LogP contribution in [0.4, 0.5) is 4.39 Å². The molecule has 1 aliphatic heterocycles. The van der Waals surface area contributed by atoms with Gasteiger partial charge in [-0.3, -0.25) is 9.69 Å². The van der Waals surface area contributed by atoms with E-state index in [1.54, 1.807) is 6.07 Å². The molecule has 0 aromatic heterocycles. The number of benzene rings is 1. The van der Waals surface area contributed by atoms with Crippen molar-refractivity contribution in [1.82, 2.24) is 4.90 Å². The van der Waals surface area contributed by atoms with Gasteiger partial charge in [0.2, 0.25) is 0 Å². The molecule has 0 spiro atoms. The topological polar surface area (TPSA) is 40.5 Å². The van der Waals surface area contributed by atoms with Crippen LogP contribution in [0, 0.1) is 11.7 Å². The Bertz CT molecular complexity index is 422. The molecule has 1 heterocycles. The molecule has 0 aliphatic carbocycles. The Hall–Kier alpha value is -1.42. The molecule has 0 amide bonds. The van der Waals surface area contributed by atoms with Crippen molar-refractivity contribution in [3.8, 4) is 0 Å². The van der Waals surface area contributed by atoms with Gasteiger partial charge in [0.25, 0.3) is 0 Å². The lowest BCUT2D eigenvalue weighted by molar-refractivity contribution is -0.141. The summed E-state index contributed by atoms with van der Waals surface area (Å²) in [5.74, 6) is -1.27. The predicted octanol–water partition coefficient (Wildman–Crippen LogP) is 2.29. The lowest BCUT2D eigenvalue weighted by atomic mass is 10.1. The molecule has 0 unspecified atom stereocenters. The van der Waals surface area contributed by atoms with Crippen molar-refractivity contribution in [2.75, 3.05) is 13.1 Å². The molecular formula is C13H16FNO2. The van der Waals surface area contributed by atoms with Crippen LogP contribution in [0.2, 0.25) is 0 Å². The van der Waals surface area contributed by atoms with E-state index in [0.29, 0.717) is 13.0 Å². The SMILES string of the molecule is C[C@H](c1cccc(F)c1)N1CC[C@H](C(=O)O)C1. The summed E-state index contributed by atoms with van der Waals surface area (Å²) in [6.45, 7) is 3.29. The van der Waals surface area contributed by atoms with Crippen LogP contribution in [-0.4, -0.2) is 29.1 Å². The van der Waals surface area contributed by atoms with Gasteiger partial charge in [-0.2, -0.15) is 0 Å². The number of rotatable bonds is 3. The van der Waals surface area contributed by atoms with E-state index in [4.69, 9.17) is 5.11 Å². The molecule has 1 fully saturated rings. The quantitative estimate of drug-likeness (QED) is 0.876. The molecule has 4 heteroatoms. The Labute approximate surface area is 99.9 Å². The third kappa shape index (κ3) is 2.64. The summed E-state index contributed by atoms with van der Waals surface area (Å²) in [6.07, 6.45) is 0.676. The lowest BCUT2D eigenvalue weighted by Gasteiger charge is -2.24. The van der Waals surface area contributed by atoms with Crippen LogP contribution in [0.15, 0.2) is 24.3 Å². The van der Waals surface area contributed by atoms with Gasteiger partial charge in [-0.25, -0.2) is 4.39 Å². The van der Waals surface area contributed by atoms with Crippen LogP contribution in [-0.2, 0) is 4.79 Å². The predicted molar refractivity (Wildman–Crippen MR) is 62.1 cm³/mol. The van der Waals surface area contributed by atoms with Crippen molar-refractivity contribution in [2.45, 2.75) is 19.4 Å². The summed E-state index contributed by atoms with van der Waals surface area (Å²) in [5, 5.41) is 8.94. The van der Waals surface area contributed by atoms with Gasteiger partial charge in [0.1, 0.15) is 5.82 Å². The maximum Gasteiger partial charge on any atom is 0.307 e. The maximum atomic E-state index is 13.1. The highest BCUT2D eigenvalue weighted by Gasteiger charge is 2.30. The Morgan fingerprint density at radius 2 is 2.35 bits per heavy atom. The van der Waals surface area contributed by atoms with Crippen LogP contribution in [0.3, 0.4) is 0 Å². The number of nitrogens with zero attached hydrogens (tertiary/aromatic N) is 1. The zero-order chi connectivity index (χ0) is 12.4. The van der Waals surface area contributed by atoms with E-state index in [-0.39, 0.29) is 17.8 Å². The van der Waals surface area contributed by atoms with Crippen molar-refractivity contribution in [2.24, 2.45) is 5.92 Å². The monoisotopic (exact) mass is 237 g/mol.